The van der Waals surface area contributed by atoms with E-state index in [-0.39, 0.29) is 0 Å². The van der Waals surface area contributed by atoms with Crippen LogP contribution in [0.2, 0.25) is 0 Å². The van der Waals surface area contributed by atoms with Gasteiger partial charge in [-0.15, -0.1) is 0 Å². The summed E-state index contributed by atoms with van der Waals surface area (Å²) in [7, 11) is 0. The monoisotopic (exact) mass is 255 g/mol. The fourth-order valence-electron chi connectivity index (χ4n) is 2.96. The molecule has 0 rings (SSSR count). The van der Waals surface area contributed by atoms with E-state index in [0.717, 1.165) is 18.8 Å². The van der Waals surface area contributed by atoms with Crippen molar-refractivity contribution >= 4 is 0 Å². The van der Waals surface area contributed by atoms with Crippen molar-refractivity contribution in [2.24, 2.45) is 22.4 Å². The molecule has 2 heteroatoms. The van der Waals surface area contributed by atoms with Gasteiger partial charge in [-0.2, -0.15) is 4.91 Å². The van der Waals surface area contributed by atoms with Crippen LogP contribution in [-0.2, 0) is 0 Å². The Balaban J connectivity index is 4.66. The molecule has 18 heavy (non-hydrogen) atoms. The van der Waals surface area contributed by atoms with Gasteiger partial charge in [0.05, 0.1) is 5.54 Å². The minimum atomic E-state index is -0.401. The van der Waals surface area contributed by atoms with E-state index in [1.807, 2.05) is 13.8 Å². The van der Waals surface area contributed by atoms with Crippen molar-refractivity contribution in [2.45, 2.75) is 86.1 Å². The van der Waals surface area contributed by atoms with Crippen LogP contribution >= 0.6 is 0 Å². The first-order valence-corrected chi connectivity index (χ1v) is 7.52. The van der Waals surface area contributed by atoms with Gasteiger partial charge in [0.25, 0.3) is 0 Å². The van der Waals surface area contributed by atoms with Crippen molar-refractivity contribution in [3.63, 3.8) is 0 Å². The summed E-state index contributed by atoms with van der Waals surface area (Å²) in [6.07, 6.45) is 5.77. The summed E-state index contributed by atoms with van der Waals surface area (Å²) >= 11 is 0. The lowest BCUT2D eigenvalue weighted by molar-refractivity contribution is 0.127. The molecule has 0 fully saturated rings. The molecule has 0 heterocycles. The van der Waals surface area contributed by atoms with E-state index in [0.29, 0.717) is 11.3 Å². The highest BCUT2D eigenvalue weighted by atomic mass is 16.3. The molecule has 0 spiro atoms. The smallest absolute Gasteiger partial charge is 0.0970 e. The first-order chi connectivity index (χ1) is 8.18. The van der Waals surface area contributed by atoms with Gasteiger partial charge in [0, 0.05) is 0 Å². The van der Waals surface area contributed by atoms with Gasteiger partial charge < -0.3 is 0 Å². The SMILES string of the molecule is CCCC(C(CC)CCC(C)(C)N=O)C(C)(C)C. The number of rotatable bonds is 8. The van der Waals surface area contributed by atoms with Crippen LogP contribution in [0.1, 0.15) is 80.6 Å². The van der Waals surface area contributed by atoms with Crippen LogP contribution in [-0.4, -0.2) is 5.54 Å². The van der Waals surface area contributed by atoms with Crippen LogP contribution in [0.4, 0.5) is 0 Å². The van der Waals surface area contributed by atoms with E-state index in [1.54, 1.807) is 0 Å². The minimum absolute atomic E-state index is 0.357. The summed E-state index contributed by atoms with van der Waals surface area (Å²) in [6, 6.07) is 0. The van der Waals surface area contributed by atoms with Gasteiger partial charge in [-0.05, 0) is 50.4 Å². The standard InChI is InChI=1S/C16H33NO/c1-8-10-14(15(3,4)5)13(9-2)11-12-16(6,7)17-18/h13-14H,8-12H2,1-7H3. The zero-order valence-electron chi connectivity index (χ0n) is 13.5. The predicted molar refractivity (Wildman–Crippen MR) is 80.7 cm³/mol. The van der Waals surface area contributed by atoms with Crippen LogP contribution < -0.4 is 0 Å². The van der Waals surface area contributed by atoms with Crippen molar-refractivity contribution in [1.82, 2.24) is 0 Å². The molecule has 0 bridgehead atoms. The second-order valence-corrected chi connectivity index (χ2v) is 7.37. The Labute approximate surface area is 114 Å². The number of hydrogen-bond donors (Lipinski definition) is 0. The van der Waals surface area contributed by atoms with Gasteiger partial charge in [-0.3, -0.25) is 0 Å². The first-order valence-electron chi connectivity index (χ1n) is 7.52. The Kier molecular flexibility index (Phi) is 7.09. The Morgan fingerprint density at radius 1 is 1.00 bits per heavy atom. The van der Waals surface area contributed by atoms with Crippen molar-refractivity contribution in [1.29, 1.82) is 0 Å². The molecule has 0 radical (unpaired) electrons. The van der Waals surface area contributed by atoms with E-state index in [9.17, 15) is 4.91 Å². The van der Waals surface area contributed by atoms with Gasteiger partial charge in [-0.1, -0.05) is 52.6 Å². The van der Waals surface area contributed by atoms with Crippen LogP contribution in [0.5, 0.6) is 0 Å². The largest absolute Gasteiger partial charge is 0.150 e. The van der Waals surface area contributed by atoms with Gasteiger partial charge in [-0.25, -0.2) is 0 Å². The zero-order chi connectivity index (χ0) is 14.4. The molecule has 0 saturated heterocycles. The van der Waals surface area contributed by atoms with Crippen LogP contribution in [0.3, 0.4) is 0 Å². The molecule has 0 aliphatic carbocycles. The van der Waals surface area contributed by atoms with Crippen molar-refractivity contribution in [3.8, 4) is 0 Å². The molecular weight excluding hydrogens is 222 g/mol. The zero-order valence-corrected chi connectivity index (χ0v) is 13.5. The maximum atomic E-state index is 10.8. The minimum Gasteiger partial charge on any atom is -0.150 e. The summed E-state index contributed by atoms with van der Waals surface area (Å²) in [6.45, 7) is 15.5. The average Bonchev–Trinajstić information content (AvgIpc) is 2.27. The molecule has 0 amide bonds. The fourth-order valence-corrected chi connectivity index (χ4v) is 2.96. The molecule has 108 valence electrons. The van der Waals surface area contributed by atoms with Crippen molar-refractivity contribution < 1.29 is 0 Å². The third kappa shape index (κ3) is 5.97. The summed E-state index contributed by atoms with van der Waals surface area (Å²) in [5, 5.41) is 3.24. The molecule has 0 aliphatic rings. The van der Waals surface area contributed by atoms with Crippen molar-refractivity contribution in [3.05, 3.63) is 4.91 Å². The van der Waals surface area contributed by atoms with Crippen LogP contribution in [0.25, 0.3) is 0 Å². The lowest BCUT2D eigenvalue weighted by Crippen LogP contribution is -2.29. The highest BCUT2D eigenvalue weighted by Gasteiger charge is 2.31. The Bertz CT molecular complexity index is 240. The lowest BCUT2D eigenvalue weighted by atomic mass is 9.68. The van der Waals surface area contributed by atoms with E-state index in [1.165, 1.54) is 19.3 Å². The van der Waals surface area contributed by atoms with E-state index in [4.69, 9.17) is 0 Å². The Hall–Kier alpha value is -0.400. The Morgan fingerprint density at radius 2 is 1.56 bits per heavy atom. The first kappa shape index (κ1) is 17.6. The molecule has 2 atom stereocenters. The maximum absolute atomic E-state index is 10.8. The molecule has 0 aromatic carbocycles. The quantitative estimate of drug-likeness (QED) is 0.504. The van der Waals surface area contributed by atoms with E-state index in [2.05, 4.69) is 39.8 Å². The number of nitroso groups, excluding NO2 is 1. The molecule has 2 nitrogen and oxygen atoms in total. The number of nitrogens with zero attached hydrogens (tertiary/aromatic N) is 1. The molecule has 0 saturated carbocycles. The predicted octanol–water partition coefficient (Wildman–Crippen LogP) is 5.80. The summed E-state index contributed by atoms with van der Waals surface area (Å²) in [5.74, 6) is 1.46. The molecular formula is C16H33NO. The highest BCUT2D eigenvalue weighted by Crippen LogP contribution is 2.40. The maximum Gasteiger partial charge on any atom is 0.0970 e. The average molecular weight is 255 g/mol. The van der Waals surface area contributed by atoms with Crippen LogP contribution in [0, 0.1) is 22.2 Å². The molecule has 0 aliphatic heterocycles. The fraction of sp³-hybridized carbons (Fsp3) is 1.00. The third-order valence-electron chi connectivity index (χ3n) is 4.18. The highest BCUT2D eigenvalue weighted by molar-refractivity contribution is 4.83. The molecule has 0 aromatic rings. The lowest BCUT2D eigenvalue weighted by Gasteiger charge is -2.38. The van der Waals surface area contributed by atoms with Gasteiger partial charge in [0.15, 0.2) is 0 Å². The molecule has 0 aromatic heterocycles. The van der Waals surface area contributed by atoms with Gasteiger partial charge in [0.1, 0.15) is 0 Å². The van der Waals surface area contributed by atoms with Gasteiger partial charge in [0.2, 0.25) is 0 Å². The Morgan fingerprint density at radius 3 is 1.89 bits per heavy atom. The van der Waals surface area contributed by atoms with Crippen LogP contribution in [0.15, 0.2) is 5.18 Å². The summed E-state index contributed by atoms with van der Waals surface area (Å²) < 4.78 is 0. The number of hydrogen-bond acceptors (Lipinski definition) is 2. The summed E-state index contributed by atoms with van der Waals surface area (Å²) in [5.41, 5.74) is -0.0441. The van der Waals surface area contributed by atoms with E-state index < -0.39 is 5.54 Å². The van der Waals surface area contributed by atoms with E-state index >= 15 is 0 Å². The van der Waals surface area contributed by atoms with Gasteiger partial charge >= 0.3 is 0 Å². The normalized spacial score (nSPS) is 16.4. The molecule has 2 unspecified atom stereocenters. The second kappa shape index (κ2) is 7.25. The van der Waals surface area contributed by atoms with Crippen molar-refractivity contribution in [2.75, 3.05) is 0 Å². The topological polar surface area (TPSA) is 29.4 Å². The second-order valence-electron chi connectivity index (χ2n) is 7.37. The third-order valence-corrected chi connectivity index (χ3v) is 4.18. The molecule has 0 N–H and O–H groups in total. The summed E-state index contributed by atoms with van der Waals surface area (Å²) in [4.78, 5) is 10.8.